The fourth-order valence-corrected chi connectivity index (χ4v) is 4.48. The number of thiophene rings is 1. The van der Waals surface area contributed by atoms with Crippen molar-refractivity contribution in [3.63, 3.8) is 0 Å². The van der Waals surface area contributed by atoms with Gasteiger partial charge in [0.25, 0.3) is 5.91 Å². The molecule has 2 aromatic carbocycles. The quantitative estimate of drug-likeness (QED) is 0.743. The second-order valence-electron chi connectivity index (χ2n) is 6.53. The highest BCUT2D eigenvalue weighted by atomic mass is 35.5. The van der Waals surface area contributed by atoms with E-state index in [0.717, 1.165) is 33.6 Å². The van der Waals surface area contributed by atoms with Crippen LogP contribution in [0, 0.1) is 0 Å². The molecule has 3 nitrogen and oxygen atoms in total. The average molecular weight is 371 g/mol. The van der Waals surface area contributed by atoms with Crippen molar-refractivity contribution in [2.24, 2.45) is 0 Å². The van der Waals surface area contributed by atoms with Crippen LogP contribution in [0.3, 0.4) is 0 Å². The van der Waals surface area contributed by atoms with Gasteiger partial charge in [0.05, 0.1) is 0 Å². The van der Waals surface area contributed by atoms with E-state index < -0.39 is 0 Å². The molecule has 3 aromatic rings. The molecule has 0 unspecified atom stereocenters. The van der Waals surface area contributed by atoms with Gasteiger partial charge in [-0.3, -0.25) is 9.69 Å². The third-order valence-electron chi connectivity index (χ3n) is 4.91. The molecule has 0 aliphatic carbocycles. The Hall–Kier alpha value is -1.88. The largest absolute Gasteiger partial charge is 0.350 e. The van der Waals surface area contributed by atoms with Gasteiger partial charge in [-0.25, -0.2) is 0 Å². The molecule has 0 saturated carbocycles. The summed E-state index contributed by atoms with van der Waals surface area (Å²) in [7, 11) is 2.11. The summed E-state index contributed by atoms with van der Waals surface area (Å²) in [6.45, 7) is 1.51. The number of fused-ring (bicyclic) bond motifs is 2. The fourth-order valence-electron chi connectivity index (χ4n) is 3.47. The maximum Gasteiger partial charge on any atom is 0.251 e. The molecule has 1 aromatic heterocycles. The number of amides is 1. The van der Waals surface area contributed by atoms with Crippen molar-refractivity contribution in [1.29, 1.82) is 0 Å². The molecule has 0 fully saturated rings. The zero-order chi connectivity index (χ0) is 17.4. The third-order valence-corrected chi connectivity index (χ3v) is 6.02. The van der Waals surface area contributed by atoms with Crippen LogP contribution in [0.15, 0.2) is 47.8 Å². The molecule has 1 atom stereocenters. The maximum atomic E-state index is 12.7. The zero-order valence-corrected chi connectivity index (χ0v) is 15.5. The average Bonchev–Trinajstić information content (AvgIpc) is 3.08. The summed E-state index contributed by atoms with van der Waals surface area (Å²) < 4.78 is 1.14. The van der Waals surface area contributed by atoms with Crippen molar-refractivity contribution >= 4 is 38.9 Å². The second kappa shape index (κ2) is 6.79. The van der Waals surface area contributed by atoms with E-state index >= 15 is 0 Å². The smallest absolute Gasteiger partial charge is 0.251 e. The summed E-state index contributed by atoms with van der Waals surface area (Å²) in [5.74, 6) is -0.00529. The lowest BCUT2D eigenvalue weighted by Crippen LogP contribution is -2.45. The molecule has 4 rings (SSSR count). The van der Waals surface area contributed by atoms with Crippen LogP contribution >= 0.6 is 22.9 Å². The Morgan fingerprint density at radius 3 is 3.04 bits per heavy atom. The van der Waals surface area contributed by atoms with Crippen LogP contribution in [-0.4, -0.2) is 30.4 Å². The number of halogens is 1. The predicted octanol–water partition coefficient (Wildman–Crippen LogP) is 4.34. The number of benzene rings is 2. The van der Waals surface area contributed by atoms with Crippen LogP contribution in [0.1, 0.15) is 21.5 Å². The van der Waals surface area contributed by atoms with E-state index in [2.05, 4.69) is 23.3 Å². The molecule has 1 N–H and O–H groups in total. The molecule has 0 bridgehead atoms. The molecule has 1 aliphatic heterocycles. The monoisotopic (exact) mass is 370 g/mol. The molecule has 25 heavy (non-hydrogen) atoms. The first kappa shape index (κ1) is 16.6. The molecule has 0 saturated heterocycles. The van der Waals surface area contributed by atoms with Crippen LogP contribution in [0.5, 0.6) is 0 Å². The van der Waals surface area contributed by atoms with Gasteiger partial charge in [0.15, 0.2) is 0 Å². The Labute approximate surface area is 156 Å². The Kier molecular flexibility index (Phi) is 4.50. The molecule has 1 aliphatic rings. The van der Waals surface area contributed by atoms with E-state index in [9.17, 15) is 4.79 Å². The Bertz CT molecular complexity index is 936. The SMILES string of the molecule is CN1Cc2ccc(Cl)cc2C[C@@H]1CNC(=O)c1cccc2sccc12. The van der Waals surface area contributed by atoms with Gasteiger partial charge in [0.2, 0.25) is 0 Å². The van der Waals surface area contributed by atoms with Crippen LogP contribution < -0.4 is 5.32 Å². The standard InChI is InChI=1S/C20H19ClN2OS/c1-23-12-13-5-6-15(21)9-14(13)10-16(23)11-22-20(24)18-3-2-4-19-17(18)7-8-25-19/h2-9,16H,10-12H2,1H3,(H,22,24)/t16-/m1/s1. The molecule has 0 radical (unpaired) electrons. The molecular weight excluding hydrogens is 352 g/mol. The lowest BCUT2D eigenvalue weighted by Gasteiger charge is -2.34. The van der Waals surface area contributed by atoms with E-state index in [4.69, 9.17) is 11.6 Å². The summed E-state index contributed by atoms with van der Waals surface area (Å²) in [6, 6.07) is 14.3. The first-order chi connectivity index (χ1) is 12.1. The summed E-state index contributed by atoms with van der Waals surface area (Å²) in [5.41, 5.74) is 3.35. The van der Waals surface area contributed by atoms with Crippen LogP contribution in [-0.2, 0) is 13.0 Å². The molecule has 0 spiro atoms. The third kappa shape index (κ3) is 3.30. The van der Waals surface area contributed by atoms with Crippen molar-refractivity contribution in [3.05, 3.63) is 69.6 Å². The fraction of sp³-hybridized carbons (Fsp3) is 0.250. The summed E-state index contributed by atoms with van der Waals surface area (Å²) in [5, 5.41) is 6.94. The van der Waals surface area contributed by atoms with Gasteiger partial charge in [-0.15, -0.1) is 11.3 Å². The number of hydrogen-bond acceptors (Lipinski definition) is 3. The van der Waals surface area contributed by atoms with Crippen molar-refractivity contribution in [2.45, 2.75) is 19.0 Å². The summed E-state index contributed by atoms with van der Waals surface area (Å²) >= 11 is 7.79. The summed E-state index contributed by atoms with van der Waals surface area (Å²) in [6.07, 6.45) is 0.898. The second-order valence-corrected chi connectivity index (χ2v) is 7.92. The number of carbonyl (C=O) groups excluding carboxylic acids is 1. The lowest BCUT2D eigenvalue weighted by atomic mass is 9.94. The lowest BCUT2D eigenvalue weighted by molar-refractivity contribution is 0.0936. The predicted molar refractivity (Wildman–Crippen MR) is 105 cm³/mol. The van der Waals surface area contributed by atoms with Crippen LogP contribution in [0.4, 0.5) is 0 Å². The molecule has 1 amide bonds. The minimum Gasteiger partial charge on any atom is -0.350 e. The normalized spacial score (nSPS) is 17.4. The number of hydrogen-bond donors (Lipinski definition) is 1. The van der Waals surface area contributed by atoms with Crippen LogP contribution in [0.25, 0.3) is 10.1 Å². The molecule has 128 valence electrons. The van der Waals surface area contributed by atoms with E-state index in [1.807, 2.05) is 41.8 Å². The molecule has 5 heteroatoms. The van der Waals surface area contributed by atoms with Gasteiger partial charge in [-0.2, -0.15) is 0 Å². The number of nitrogens with one attached hydrogen (secondary N) is 1. The number of likely N-dealkylation sites (N-methyl/N-ethyl adjacent to an activating group) is 1. The van der Waals surface area contributed by atoms with Gasteiger partial charge in [-0.05, 0) is 60.3 Å². The van der Waals surface area contributed by atoms with Gasteiger partial charge < -0.3 is 5.32 Å². The van der Waals surface area contributed by atoms with Crippen LogP contribution in [0.2, 0.25) is 5.02 Å². The van der Waals surface area contributed by atoms with E-state index in [0.29, 0.717) is 6.54 Å². The van der Waals surface area contributed by atoms with E-state index in [1.54, 1.807) is 11.3 Å². The van der Waals surface area contributed by atoms with Crippen molar-refractivity contribution in [2.75, 3.05) is 13.6 Å². The maximum absolute atomic E-state index is 12.7. The number of carbonyl (C=O) groups is 1. The Morgan fingerprint density at radius 1 is 1.28 bits per heavy atom. The van der Waals surface area contributed by atoms with Crippen molar-refractivity contribution in [1.82, 2.24) is 10.2 Å². The van der Waals surface area contributed by atoms with Gasteiger partial charge in [0, 0.05) is 39.8 Å². The Morgan fingerprint density at radius 2 is 2.16 bits per heavy atom. The molecule has 2 heterocycles. The highest BCUT2D eigenvalue weighted by Gasteiger charge is 2.24. The minimum atomic E-state index is -0.00529. The highest BCUT2D eigenvalue weighted by Crippen LogP contribution is 2.26. The van der Waals surface area contributed by atoms with Gasteiger partial charge in [0.1, 0.15) is 0 Å². The zero-order valence-electron chi connectivity index (χ0n) is 14.0. The number of nitrogens with zero attached hydrogens (tertiary/aromatic N) is 1. The van der Waals surface area contributed by atoms with E-state index in [1.165, 1.54) is 11.1 Å². The van der Waals surface area contributed by atoms with Gasteiger partial charge >= 0.3 is 0 Å². The topological polar surface area (TPSA) is 32.3 Å². The van der Waals surface area contributed by atoms with E-state index in [-0.39, 0.29) is 11.9 Å². The Balaban J connectivity index is 1.48. The van der Waals surface area contributed by atoms with Crippen molar-refractivity contribution < 1.29 is 4.79 Å². The summed E-state index contributed by atoms with van der Waals surface area (Å²) in [4.78, 5) is 15.0. The minimum absolute atomic E-state index is 0.00529. The highest BCUT2D eigenvalue weighted by molar-refractivity contribution is 7.17. The number of rotatable bonds is 3. The first-order valence-corrected chi connectivity index (χ1v) is 9.59. The van der Waals surface area contributed by atoms with Crippen molar-refractivity contribution in [3.8, 4) is 0 Å². The first-order valence-electron chi connectivity index (χ1n) is 8.34. The van der Waals surface area contributed by atoms with Gasteiger partial charge in [-0.1, -0.05) is 23.7 Å². The molecular formula is C20H19ClN2OS.